The molecular formula is C31H34ClN5O7. The number of aryl methyl sites for hydroxylation is 1. The number of carbonyl (C=O) groups excluding carboxylic acids is 5. The lowest BCUT2D eigenvalue weighted by molar-refractivity contribution is -0.124. The van der Waals surface area contributed by atoms with Crippen LogP contribution in [0.1, 0.15) is 49.5 Å². The molecule has 0 spiro atoms. The van der Waals surface area contributed by atoms with Crippen molar-refractivity contribution in [3.63, 3.8) is 0 Å². The Labute approximate surface area is 258 Å². The van der Waals surface area contributed by atoms with E-state index in [1.165, 1.54) is 22.1 Å². The van der Waals surface area contributed by atoms with Crippen LogP contribution < -0.4 is 15.5 Å². The van der Waals surface area contributed by atoms with Crippen molar-refractivity contribution in [3.05, 3.63) is 58.7 Å². The number of aliphatic hydroxyl groups is 1. The van der Waals surface area contributed by atoms with Crippen LogP contribution in [0.2, 0.25) is 5.02 Å². The van der Waals surface area contributed by atoms with Gasteiger partial charge in [-0.15, -0.1) is 0 Å². The molecule has 4 N–H and O–H groups in total. The number of halogens is 1. The third-order valence-corrected chi connectivity index (χ3v) is 7.82. The van der Waals surface area contributed by atoms with E-state index < -0.39 is 47.5 Å². The van der Waals surface area contributed by atoms with E-state index in [1.807, 2.05) is 13.0 Å². The lowest BCUT2D eigenvalue weighted by Crippen LogP contribution is -2.45. The number of carbonyl (C=O) groups is 5. The predicted molar refractivity (Wildman–Crippen MR) is 164 cm³/mol. The van der Waals surface area contributed by atoms with Gasteiger partial charge in [-0.05, 0) is 70.0 Å². The first-order chi connectivity index (χ1) is 20.7. The van der Waals surface area contributed by atoms with Crippen LogP contribution in [0, 0.1) is 6.92 Å². The van der Waals surface area contributed by atoms with Crippen LogP contribution in [0.5, 0.6) is 0 Å². The summed E-state index contributed by atoms with van der Waals surface area (Å²) in [6.45, 7) is 7.30. The number of hydrogen-bond donors (Lipinski definition) is 4. The molecule has 2 saturated heterocycles. The maximum absolute atomic E-state index is 13.2. The molecule has 2 fully saturated rings. The number of benzene rings is 2. The van der Waals surface area contributed by atoms with E-state index in [9.17, 15) is 29.1 Å². The van der Waals surface area contributed by atoms with E-state index in [2.05, 4.69) is 15.6 Å². The fourth-order valence-electron chi connectivity index (χ4n) is 5.43. The first-order valence-corrected chi connectivity index (χ1v) is 14.6. The zero-order chi connectivity index (χ0) is 31.9. The van der Waals surface area contributed by atoms with Crippen LogP contribution in [0.15, 0.2) is 42.6 Å². The number of anilines is 2. The number of aromatic amines is 1. The average molecular weight is 624 g/mol. The number of aromatic nitrogens is 1. The minimum absolute atomic E-state index is 0.0365. The van der Waals surface area contributed by atoms with E-state index >= 15 is 0 Å². The summed E-state index contributed by atoms with van der Waals surface area (Å²) in [5, 5.41) is 16.3. The molecule has 13 heteroatoms. The Morgan fingerprint density at radius 2 is 1.86 bits per heavy atom. The van der Waals surface area contributed by atoms with E-state index in [0.717, 1.165) is 5.56 Å². The van der Waals surface area contributed by atoms with Crippen molar-refractivity contribution < 1.29 is 33.8 Å². The van der Waals surface area contributed by atoms with Crippen LogP contribution in [-0.4, -0.2) is 81.5 Å². The number of hydrogen-bond acceptors (Lipinski definition) is 7. The summed E-state index contributed by atoms with van der Waals surface area (Å²) in [6, 6.07) is 8.26. The van der Waals surface area contributed by atoms with Gasteiger partial charge in [0, 0.05) is 35.8 Å². The lowest BCUT2D eigenvalue weighted by Gasteiger charge is -2.27. The molecule has 0 aliphatic carbocycles. The molecule has 3 aromatic rings. The maximum atomic E-state index is 13.2. The summed E-state index contributed by atoms with van der Waals surface area (Å²) in [5.41, 5.74) is 1.63. The number of amides is 4. The largest absolute Gasteiger partial charge is 0.444 e. The van der Waals surface area contributed by atoms with Crippen LogP contribution in [0.25, 0.3) is 10.9 Å². The number of H-pyrrole nitrogens is 1. The van der Waals surface area contributed by atoms with Crippen molar-refractivity contribution in [3.8, 4) is 0 Å². The Morgan fingerprint density at radius 1 is 1.11 bits per heavy atom. The number of fused-ring (bicyclic) bond motifs is 1. The molecule has 0 saturated carbocycles. The zero-order valence-corrected chi connectivity index (χ0v) is 25.5. The zero-order valence-electron chi connectivity index (χ0n) is 24.8. The smallest absolute Gasteiger partial charge is 0.411 e. The first-order valence-electron chi connectivity index (χ1n) is 14.2. The molecular weight excluding hydrogens is 590 g/mol. The van der Waals surface area contributed by atoms with Crippen molar-refractivity contribution in [1.82, 2.24) is 15.2 Å². The highest BCUT2D eigenvalue weighted by Gasteiger charge is 2.41. The van der Waals surface area contributed by atoms with Gasteiger partial charge in [-0.3, -0.25) is 24.1 Å². The number of ketones is 1. The van der Waals surface area contributed by atoms with Gasteiger partial charge in [0.2, 0.25) is 11.8 Å². The van der Waals surface area contributed by atoms with Gasteiger partial charge in [-0.25, -0.2) is 4.79 Å². The lowest BCUT2D eigenvalue weighted by atomic mass is 10.1. The Kier molecular flexibility index (Phi) is 8.41. The number of Topliss-reactive ketones (excluding diaryl/α,β-unsaturated/α-hetero) is 1. The van der Waals surface area contributed by atoms with Crippen LogP contribution in [-0.2, 0) is 19.1 Å². The van der Waals surface area contributed by atoms with Gasteiger partial charge in [0.05, 0.1) is 28.9 Å². The number of likely N-dealkylation sites (tertiary alicyclic amines) is 1. The SMILES string of the molecule is Cc1ccc(N2CCC(NC(=O)C(=O)c3c[nH]c4ccc(NC(=O)[C@@H]5C[C@@H](O)CN5C(=O)OC(C)(C)C)cc34)C2=O)c(Cl)c1. The molecule has 0 bridgehead atoms. The normalized spacial score (nSPS) is 20.2. The number of nitrogens with zero attached hydrogens (tertiary/aromatic N) is 2. The molecule has 1 aromatic heterocycles. The monoisotopic (exact) mass is 623 g/mol. The van der Waals surface area contributed by atoms with Crippen molar-refractivity contribution in [2.24, 2.45) is 0 Å². The van der Waals surface area contributed by atoms with Crippen LogP contribution >= 0.6 is 11.6 Å². The second-order valence-electron chi connectivity index (χ2n) is 12.1. The Bertz CT molecular complexity index is 1660. The maximum Gasteiger partial charge on any atom is 0.411 e. The Hall–Kier alpha value is -4.42. The second kappa shape index (κ2) is 11.9. The number of β-amino-alcohol motifs (C(OH)–C–C–N with tert-alkyl or cyclic N) is 1. The van der Waals surface area contributed by atoms with Crippen molar-refractivity contribution in [2.75, 3.05) is 23.3 Å². The molecule has 2 aliphatic rings. The minimum atomic E-state index is -0.966. The quantitative estimate of drug-likeness (QED) is 0.241. The second-order valence-corrected chi connectivity index (χ2v) is 12.5. The van der Waals surface area contributed by atoms with Crippen molar-refractivity contribution in [2.45, 2.75) is 64.3 Å². The summed E-state index contributed by atoms with van der Waals surface area (Å²) in [5.74, 6) is -2.69. The van der Waals surface area contributed by atoms with Gasteiger partial charge in [-0.1, -0.05) is 17.7 Å². The van der Waals surface area contributed by atoms with Gasteiger partial charge in [0.25, 0.3) is 11.7 Å². The van der Waals surface area contributed by atoms with Gasteiger partial charge in [0.15, 0.2) is 0 Å². The topological polar surface area (TPSA) is 161 Å². The average Bonchev–Trinajstić information content (AvgIpc) is 3.64. The van der Waals surface area contributed by atoms with Gasteiger partial charge in [0.1, 0.15) is 17.7 Å². The molecule has 5 rings (SSSR count). The third-order valence-electron chi connectivity index (χ3n) is 7.51. The van der Waals surface area contributed by atoms with Gasteiger partial charge >= 0.3 is 6.09 Å². The van der Waals surface area contributed by atoms with E-state index in [0.29, 0.717) is 40.3 Å². The third kappa shape index (κ3) is 6.41. The van der Waals surface area contributed by atoms with E-state index in [1.54, 1.807) is 45.0 Å². The van der Waals surface area contributed by atoms with Crippen LogP contribution in [0.3, 0.4) is 0 Å². The van der Waals surface area contributed by atoms with Crippen molar-refractivity contribution in [1.29, 1.82) is 0 Å². The molecule has 232 valence electrons. The van der Waals surface area contributed by atoms with E-state index in [-0.39, 0.29) is 24.4 Å². The number of ether oxygens (including phenoxy) is 1. The molecule has 4 amide bonds. The highest BCUT2D eigenvalue weighted by atomic mass is 35.5. The number of rotatable bonds is 6. The summed E-state index contributed by atoms with van der Waals surface area (Å²) in [4.78, 5) is 70.7. The first kappa shape index (κ1) is 31.0. The Balaban J connectivity index is 1.27. The van der Waals surface area contributed by atoms with E-state index in [4.69, 9.17) is 16.3 Å². The molecule has 1 unspecified atom stereocenters. The summed E-state index contributed by atoms with van der Waals surface area (Å²) in [7, 11) is 0. The standard InChI is InChI=1S/C31H34ClN5O7/c1-16-5-8-24(21(32)11-16)36-10-9-23(29(36)42)35-28(41)26(39)20-14-33-22-7-6-17(12-19(20)22)34-27(40)25-13-18(38)15-37(25)30(43)44-31(2,3)4/h5-8,11-12,14,18,23,25,33,38H,9-10,13,15H2,1-4H3,(H,34,40)(H,35,41)/t18-,23?,25+/m1/s1. The van der Waals surface area contributed by atoms with Crippen LogP contribution in [0.4, 0.5) is 16.2 Å². The number of aliphatic hydroxyl groups excluding tert-OH is 1. The minimum Gasteiger partial charge on any atom is -0.444 e. The van der Waals surface area contributed by atoms with Gasteiger partial charge in [-0.2, -0.15) is 0 Å². The molecule has 3 heterocycles. The molecule has 2 aromatic carbocycles. The predicted octanol–water partition coefficient (Wildman–Crippen LogP) is 3.54. The highest BCUT2D eigenvalue weighted by molar-refractivity contribution is 6.45. The number of nitrogens with one attached hydrogen (secondary N) is 3. The van der Waals surface area contributed by atoms with Crippen molar-refractivity contribution >= 4 is 63.5 Å². The van der Waals surface area contributed by atoms with Gasteiger partial charge < -0.3 is 30.4 Å². The fraction of sp³-hybridized carbons (Fsp3) is 0.387. The summed E-state index contributed by atoms with van der Waals surface area (Å²) < 4.78 is 5.39. The fourth-order valence-corrected chi connectivity index (χ4v) is 5.76. The summed E-state index contributed by atoms with van der Waals surface area (Å²) >= 11 is 6.33. The molecule has 3 atom stereocenters. The molecule has 0 radical (unpaired) electrons. The Morgan fingerprint density at radius 3 is 2.57 bits per heavy atom. The molecule has 12 nitrogen and oxygen atoms in total. The summed E-state index contributed by atoms with van der Waals surface area (Å²) in [6.07, 6.45) is 0.141. The highest BCUT2D eigenvalue weighted by Crippen LogP contribution is 2.31. The molecule has 2 aliphatic heterocycles. The molecule has 44 heavy (non-hydrogen) atoms.